The molecule has 0 bridgehead atoms. The zero-order valence-electron chi connectivity index (χ0n) is 11.5. The van der Waals surface area contributed by atoms with E-state index in [1.807, 2.05) is 13.0 Å². The van der Waals surface area contributed by atoms with Gasteiger partial charge in [0.2, 0.25) is 0 Å². The molecule has 0 radical (unpaired) electrons. The molecule has 104 valence electrons. The summed E-state index contributed by atoms with van der Waals surface area (Å²) in [6.45, 7) is 1.98. The van der Waals surface area contributed by atoms with Crippen molar-refractivity contribution in [3.63, 3.8) is 0 Å². The summed E-state index contributed by atoms with van der Waals surface area (Å²) in [5.74, 6) is -0.0437. The summed E-state index contributed by atoms with van der Waals surface area (Å²) in [7, 11) is 3.28. The van der Waals surface area contributed by atoms with Gasteiger partial charge in [0.05, 0.1) is 19.6 Å². The molecular formula is C14H19NO4. The van der Waals surface area contributed by atoms with E-state index in [9.17, 15) is 4.79 Å². The average Bonchev–Trinajstić information content (AvgIpc) is 2.37. The Morgan fingerprint density at radius 1 is 1.53 bits per heavy atom. The molecule has 0 fully saturated rings. The van der Waals surface area contributed by atoms with Gasteiger partial charge in [0.1, 0.15) is 11.4 Å². The van der Waals surface area contributed by atoms with E-state index in [2.05, 4.69) is 4.99 Å². The Morgan fingerprint density at radius 3 is 2.84 bits per heavy atom. The zero-order valence-corrected chi connectivity index (χ0v) is 11.5. The minimum absolute atomic E-state index is 0.0605. The summed E-state index contributed by atoms with van der Waals surface area (Å²) in [5, 5.41) is 8.83. The predicted molar refractivity (Wildman–Crippen MR) is 71.3 cm³/mol. The average molecular weight is 265 g/mol. The number of aliphatic imine (C=N–C) groups is 1. The number of aliphatic carboxylic acids is 1. The Labute approximate surface area is 112 Å². The molecule has 0 aromatic rings. The lowest BCUT2D eigenvalue weighted by Crippen LogP contribution is -2.35. The van der Waals surface area contributed by atoms with E-state index in [-0.39, 0.29) is 12.5 Å². The van der Waals surface area contributed by atoms with E-state index in [0.29, 0.717) is 12.8 Å². The van der Waals surface area contributed by atoms with Gasteiger partial charge in [0.25, 0.3) is 0 Å². The van der Waals surface area contributed by atoms with Gasteiger partial charge >= 0.3 is 5.97 Å². The fourth-order valence-corrected chi connectivity index (χ4v) is 2.56. The largest absolute Gasteiger partial charge is 0.498 e. The number of hydrogen-bond acceptors (Lipinski definition) is 4. The molecule has 1 aliphatic carbocycles. The van der Waals surface area contributed by atoms with Gasteiger partial charge in [0.15, 0.2) is 0 Å². The van der Waals surface area contributed by atoms with Crippen LogP contribution in [0.3, 0.4) is 0 Å². The minimum Gasteiger partial charge on any atom is -0.498 e. The van der Waals surface area contributed by atoms with E-state index in [1.54, 1.807) is 20.4 Å². The molecule has 19 heavy (non-hydrogen) atoms. The smallest absolute Gasteiger partial charge is 0.305 e. The maximum Gasteiger partial charge on any atom is 0.305 e. The Bertz CT molecular complexity index is 478. The van der Waals surface area contributed by atoms with E-state index in [1.165, 1.54) is 0 Å². The molecule has 1 heterocycles. The van der Waals surface area contributed by atoms with Crippen LogP contribution in [0.1, 0.15) is 26.2 Å². The monoisotopic (exact) mass is 265 g/mol. The van der Waals surface area contributed by atoms with Crippen LogP contribution in [0.15, 0.2) is 28.0 Å². The molecule has 5 nitrogen and oxygen atoms in total. The van der Waals surface area contributed by atoms with Crippen molar-refractivity contribution in [1.82, 2.24) is 0 Å². The highest BCUT2D eigenvalue weighted by atomic mass is 16.5. The predicted octanol–water partition coefficient (Wildman–Crippen LogP) is 1.94. The third-order valence-corrected chi connectivity index (χ3v) is 3.74. The fraction of sp³-hybridized carbons (Fsp3) is 0.571. The van der Waals surface area contributed by atoms with Crippen molar-refractivity contribution >= 4 is 12.2 Å². The lowest BCUT2D eigenvalue weighted by atomic mass is 9.82. The van der Waals surface area contributed by atoms with E-state index in [0.717, 1.165) is 16.9 Å². The van der Waals surface area contributed by atoms with Crippen LogP contribution in [-0.2, 0) is 14.3 Å². The second-order valence-corrected chi connectivity index (χ2v) is 5.11. The number of carboxylic acids is 1. The van der Waals surface area contributed by atoms with Crippen molar-refractivity contribution in [2.24, 2.45) is 4.99 Å². The number of carbonyl (C=O) groups is 1. The molecule has 0 spiro atoms. The van der Waals surface area contributed by atoms with Gasteiger partial charge in [0, 0.05) is 19.7 Å². The van der Waals surface area contributed by atoms with Crippen molar-refractivity contribution in [2.45, 2.75) is 37.8 Å². The molecular weight excluding hydrogens is 246 g/mol. The summed E-state index contributed by atoms with van der Waals surface area (Å²) in [4.78, 5) is 15.1. The molecule has 5 heteroatoms. The third-order valence-electron chi connectivity index (χ3n) is 3.74. The number of dihydropyridines is 1. The van der Waals surface area contributed by atoms with Crippen LogP contribution >= 0.6 is 0 Å². The van der Waals surface area contributed by atoms with Gasteiger partial charge in [-0.15, -0.1) is 0 Å². The number of carboxylic acid groups (broad SMARTS) is 1. The standard InChI is InChI=1S/C14H19NO4/c1-14(19-3)7-10-8-15-11(6-13(16)17)4-9(10)5-12(14)18-2/h5,8,11H,4,6-7H2,1-3H3,(H,16,17). The van der Waals surface area contributed by atoms with Crippen molar-refractivity contribution in [3.8, 4) is 0 Å². The van der Waals surface area contributed by atoms with E-state index < -0.39 is 11.6 Å². The van der Waals surface area contributed by atoms with Gasteiger partial charge in [-0.1, -0.05) is 0 Å². The Hall–Kier alpha value is -1.62. The summed E-state index contributed by atoms with van der Waals surface area (Å²) in [6.07, 6.45) is 5.15. The molecule has 2 atom stereocenters. The number of methoxy groups -OCH3 is 2. The van der Waals surface area contributed by atoms with Crippen molar-refractivity contribution < 1.29 is 19.4 Å². The highest BCUT2D eigenvalue weighted by Crippen LogP contribution is 2.38. The second kappa shape index (κ2) is 5.17. The summed E-state index contributed by atoms with van der Waals surface area (Å²) >= 11 is 0. The maximum atomic E-state index is 10.7. The van der Waals surface area contributed by atoms with Crippen molar-refractivity contribution in [2.75, 3.05) is 14.2 Å². The van der Waals surface area contributed by atoms with Crippen LogP contribution in [-0.4, -0.2) is 43.2 Å². The number of ether oxygens (including phenoxy) is 2. The SMILES string of the molecule is COC1=CC2=C(C=NC(CC(=O)O)C2)CC1(C)OC. The molecule has 1 aliphatic heterocycles. The minimum atomic E-state index is -0.820. The molecule has 2 unspecified atom stereocenters. The van der Waals surface area contributed by atoms with Crippen LogP contribution in [0, 0.1) is 0 Å². The van der Waals surface area contributed by atoms with Crippen LogP contribution in [0.5, 0.6) is 0 Å². The van der Waals surface area contributed by atoms with Crippen LogP contribution in [0.2, 0.25) is 0 Å². The molecule has 2 aliphatic rings. The first kappa shape index (κ1) is 13.8. The van der Waals surface area contributed by atoms with E-state index in [4.69, 9.17) is 14.6 Å². The molecule has 0 amide bonds. The summed E-state index contributed by atoms with van der Waals surface area (Å²) in [6, 6.07) is -0.183. The third kappa shape index (κ3) is 2.71. The van der Waals surface area contributed by atoms with Crippen molar-refractivity contribution in [1.29, 1.82) is 0 Å². The Kier molecular flexibility index (Phi) is 3.75. The Balaban J connectivity index is 2.22. The van der Waals surface area contributed by atoms with Gasteiger partial charge in [-0.25, -0.2) is 0 Å². The summed E-state index contributed by atoms with van der Waals surface area (Å²) in [5.41, 5.74) is 1.73. The molecule has 0 aromatic heterocycles. The van der Waals surface area contributed by atoms with Crippen LogP contribution in [0.25, 0.3) is 0 Å². The molecule has 0 saturated heterocycles. The molecule has 0 aromatic carbocycles. The first-order chi connectivity index (χ1) is 8.98. The number of nitrogens with zero attached hydrogens (tertiary/aromatic N) is 1. The topological polar surface area (TPSA) is 68.1 Å². The number of allylic oxidation sites excluding steroid dienone is 1. The Morgan fingerprint density at radius 2 is 2.26 bits per heavy atom. The molecule has 1 N–H and O–H groups in total. The highest BCUT2D eigenvalue weighted by molar-refractivity contribution is 5.83. The lowest BCUT2D eigenvalue weighted by Gasteiger charge is -2.35. The van der Waals surface area contributed by atoms with Crippen molar-refractivity contribution in [3.05, 3.63) is 23.0 Å². The maximum absolute atomic E-state index is 10.7. The molecule has 0 saturated carbocycles. The highest BCUT2D eigenvalue weighted by Gasteiger charge is 2.36. The first-order valence-corrected chi connectivity index (χ1v) is 6.27. The number of rotatable bonds is 4. The number of hydrogen-bond donors (Lipinski definition) is 1. The van der Waals surface area contributed by atoms with Gasteiger partial charge in [-0.05, 0) is 30.6 Å². The summed E-state index contributed by atoms with van der Waals surface area (Å²) < 4.78 is 10.9. The van der Waals surface area contributed by atoms with Gasteiger partial charge < -0.3 is 14.6 Å². The quantitative estimate of drug-likeness (QED) is 0.843. The zero-order chi connectivity index (χ0) is 14.0. The lowest BCUT2D eigenvalue weighted by molar-refractivity contribution is -0.137. The van der Waals surface area contributed by atoms with Crippen LogP contribution in [0.4, 0.5) is 0 Å². The van der Waals surface area contributed by atoms with E-state index >= 15 is 0 Å². The normalized spacial score (nSPS) is 29.8. The second-order valence-electron chi connectivity index (χ2n) is 5.11. The van der Waals surface area contributed by atoms with Gasteiger partial charge in [-0.3, -0.25) is 9.79 Å². The van der Waals surface area contributed by atoms with Gasteiger partial charge in [-0.2, -0.15) is 0 Å². The fourth-order valence-electron chi connectivity index (χ4n) is 2.56. The van der Waals surface area contributed by atoms with Crippen LogP contribution < -0.4 is 0 Å². The first-order valence-electron chi connectivity index (χ1n) is 6.27. The molecule has 2 rings (SSSR count).